The molecule has 0 N–H and O–H groups in total. The Bertz CT molecular complexity index is 576. The molecule has 0 bridgehead atoms. The Morgan fingerprint density at radius 1 is 0.905 bits per heavy atom. The van der Waals surface area contributed by atoms with Gasteiger partial charge in [-0.05, 0) is 25.0 Å². The lowest BCUT2D eigenvalue weighted by atomic mass is 10.2. The molecule has 1 aromatic carbocycles. The van der Waals surface area contributed by atoms with Crippen LogP contribution in [0.3, 0.4) is 0 Å². The summed E-state index contributed by atoms with van der Waals surface area (Å²) in [6.07, 6.45) is 1.46. The van der Waals surface area contributed by atoms with Crippen molar-refractivity contribution in [2.75, 3.05) is 0 Å². The molecule has 1 fully saturated rings. The van der Waals surface area contributed by atoms with Crippen LogP contribution in [-0.4, -0.2) is 25.4 Å². The summed E-state index contributed by atoms with van der Waals surface area (Å²) < 4.78 is 19.0. The summed E-state index contributed by atoms with van der Waals surface area (Å²) in [5.74, 6) is -1.62. The molecule has 0 amide bonds. The third kappa shape index (κ3) is 3.35. The Morgan fingerprint density at radius 3 is 1.95 bits per heavy atom. The molecule has 0 spiro atoms. The molecular formula is C13H10O8. The monoisotopic (exact) mass is 294 g/mol. The maximum absolute atomic E-state index is 11.6. The second kappa shape index (κ2) is 6.51. The average Bonchev–Trinajstić information content (AvgIpc) is 3.29. The highest BCUT2D eigenvalue weighted by molar-refractivity contribution is 5.79. The van der Waals surface area contributed by atoms with E-state index in [-0.39, 0.29) is 48.3 Å². The molecule has 21 heavy (non-hydrogen) atoms. The first-order chi connectivity index (χ1) is 10.2. The first-order valence-electron chi connectivity index (χ1n) is 5.90. The van der Waals surface area contributed by atoms with Gasteiger partial charge in [-0.15, -0.1) is 0 Å². The van der Waals surface area contributed by atoms with E-state index in [9.17, 15) is 19.2 Å². The fourth-order valence-corrected chi connectivity index (χ4v) is 1.58. The van der Waals surface area contributed by atoms with Crippen LogP contribution in [0.15, 0.2) is 12.1 Å². The van der Waals surface area contributed by atoms with Crippen molar-refractivity contribution in [3.05, 3.63) is 12.1 Å². The average molecular weight is 294 g/mol. The van der Waals surface area contributed by atoms with E-state index in [1.165, 1.54) is 12.1 Å². The normalized spacial score (nSPS) is 13.0. The summed E-state index contributed by atoms with van der Waals surface area (Å²) in [6, 6.07) is 2.50. The van der Waals surface area contributed by atoms with Crippen molar-refractivity contribution in [3.63, 3.8) is 0 Å². The van der Waals surface area contributed by atoms with E-state index >= 15 is 0 Å². The van der Waals surface area contributed by atoms with E-state index in [2.05, 4.69) is 14.2 Å². The van der Waals surface area contributed by atoms with Crippen molar-refractivity contribution in [1.29, 1.82) is 0 Å². The van der Waals surface area contributed by atoms with Gasteiger partial charge in [0.25, 0.3) is 19.4 Å². The highest BCUT2D eigenvalue weighted by Crippen LogP contribution is 2.45. The standard InChI is InChI=1S/C13H10O8/c14-5-18-9-3-4-10(21-13(17)8-1-2-8)12(20-7-16)11(9)19-6-15/h3-8H,1-2H2. The van der Waals surface area contributed by atoms with Crippen molar-refractivity contribution in [2.24, 2.45) is 5.92 Å². The molecular weight excluding hydrogens is 284 g/mol. The maximum atomic E-state index is 11.6. The number of rotatable bonds is 8. The second-order valence-electron chi connectivity index (χ2n) is 4.06. The van der Waals surface area contributed by atoms with Gasteiger partial charge >= 0.3 is 5.97 Å². The first kappa shape index (κ1) is 14.5. The van der Waals surface area contributed by atoms with Crippen LogP contribution in [0.1, 0.15) is 12.8 Å². The van der Waals surface area contributed by atoms with Gasteiger partial charge in [0, 0.05) is 0 Å². The molecule has 8 heteroatoms. The summed E-state index contributed by atoms with van der Waals surface area (Å²) in [7, 11) is 0. The summed E-state index contributed by atoms with van der Waals surface area (Å²) in [6.45, 7) is 0.219. The zero-order valence-corrected chi connectivity index (χ0v) is 10.6. The van der Waals surface area contributed by atoms with Crippen LogP contribution in [0.25, 0.3) is 0 Å². The Morgan fingerprint density at radius 2 is 1.43 bits per heavy atom. The van der Waals surface area contributed by atoms with Crippen molar-refractivity contribution in [1.82, 2.24) is 0 Å². The zero-order valence-electron chi connectivity index (χ0n) is 10.6. The van der Waals surface area contributed by atoms with Crippen molar-refractivity contribution in [2.45, 2.75) is 12.8 Å². The molecule has 0 radical (unpaired) electrons. The fraction of sp³-hybridized carbons (Fsp3) is 0.231. The number of carbonyl (C=O) groups is 4. The number of hydrogen-bond acceptors (Lipinski definition) is 8. The van der Waals surface area contributed by atoms with Crippen molar-refractivity contribution in [3.8, 4) is 23.0 Å². The Hall–Kier alpha value is -2.90. The lowest BCUT2D eigenvalue weighted by molar-refractivity contribution is -0.136. The van der Waals surface area contributed by atoms with Gasteiger partial charge in [-0.2, -0.15) is 0 Å². The van der Waals surface area contributed by atoms with E-state index in [0.29, 0.717) is 0 Å². The van der Waals surface area contributed by atoms with Gasteiger partial charge < -0.3 is 18.9 Å². The topological polar surface area (TPSA) is 105 Å². The van der Waals surface area contributed by atoms with Crippen LogP contribution in [-0.2, 0) is 19.2 Å². The minimum absolute atomic E-state index is 0.0527. The van der Waals surface area contributed by atoms with E-state index < -0.39 is 5.97 Å². The predicted molar refractivity (Wildman–Crippen MR) is 64.9 cm³/mol. The second-order valence-corrected chi connectivity index (χ2v) is 4.06. The summed E-state index contributed by atoms with van der Waals surface area (Å²) >= 11 is 0. The molecule has 110 valence electrons. The first-order valence-corrected chi connectivity index (χ1v) is 5.90. The maximum Gasteiger partial charge on any atom is 0.314 e. The van der Waals surface area contributed by atoms with Crippen LogP contribution in [0, 0.1) is 5.92 Å². The van der Waals surface area contributed by atoms with Crippen LogP contribution in [0.4, 0.5) is 0 Å². The fourth-order valence-electron chi connectivity index (χ4n) is 1.58. The number of esters is 1. The molecule has 1 saturated carbocycles. The van der Waals surface area contributed by atoms with E-state index in [1.54, 1.807) is 0 Å². The SMILES string of the molecule is O=COc1ccc(OC(=O)C2CC2)c(OC=O)c1OC=O. The van der Waals surface area contributed by atoms with Crippen molar-refractivity contribution < 1.29 is 38.1 Å². The van der Waals surface area contributed by atoms with Gasteiger partial charge in [0.05, 0.1) is 5.92 Å². The quantitative estimate of drug-likeness (QED) is 0.390. The Labute approximate surface area is 118 Å². The summed E-state index contributed by atoms with van der Waals surface area (Å²) in [5.41, 5.74) is 0. The molecule has 1 aliphatic carbocycles. The number of carbonyl (C=O) groups excluding carboxylic acids is 4. The van der Waals surface area contributed by atoms with Crippen LogP contribution in [0.5, 0.6) is 23.0 Å². The molecule has 0 aromatic heterocycles. The molecule has 0 saturated heterocycles. The van der Waals surface area contributed by atoms with E-state index in [0.717, 1.165) is 12.8 Å². The number of benzene rings is 1. The minimum atomic E-state index is -0.480. The molecule has 2 rings (SSSR count). The largest absolute Gasteiger partial charge is 0.425 e. The van der Waals surface area contributed by atoms with E-state index in [1.807, 2.05) is 0 Å². The molecule has 1 aromatic rings. The lowest BCUT2D eigenvalue weighted by Crippen LogP contribution is -2.11. The van der Waals surface area contributed by atoms with Gasteiger partial charge in [0.1, 0.15) is 0 Å². The summed E-state index contributed by atoms with van der Waals surface area (Å²) in [5, 5.41) is 0. The Kier molecular flexibility index (Phi) is 4.50. The van der Waals surface area contributed by atoms with Gasteiger partial charge in [-0.25, -0.2) is 0 Å². The molecule has 0 aliphatic heterocycles. The van der Waals surface area contributed by atoms with Gasteiger partial charge in [-0.1, -0.05) is 0 Å². The van der Waals surface area contributed by atoms with Crippen LogP contribution < -0.4 is 18.9 Å². The lowest BCUT2D eigenvalue weighted by Gasteiger charge is -2.13. The molecule has 0 heterocycles. The third-order valence-electron chi connectivity index (χ3n) is 2.67. The molecule has 0 atom stereocenters. The molecule has 0 unspecified atom stereocenters. The van der Waals surface area contributed by atoms with Gasteiger partial charge in [0.15, 0.2) is 11.5 Å². The van der Waals surface area contributed by atoms with Crippen molar-refractivity contribution >= 4 is 25.4 Å². The van der Waals surface area contributed by atoms with Crippen LogP contribution >= 0.6 is 0 Å². The number of hydrogen-bond donors (Lipinski definition) is 0. The zero-order chi connectivity index (χ0) is 15.2. The highest BCUT2D eigenvalue weighted by atomic mass is 16.6. The van der Waals surface area contributed by atoms with Crippen LogP contribution in [0.2, 0.25) is 0 Å². The molecule has 8 nitrogen and oxygen atoms in total. The van der Waals surface area contributed by atoms with E-state index in [4.69, 9.17) is 4.74 Å². The molecule has 1 aliphatic rings. The summed E-state index contributed by atoms with van der Waals surface area (Å²) in [4.78, 5) is 43.1. The van der Waals surface area contributed by atoms with Gasteiger partial charge in [0.2, 0.25) is 11.5 Å². The Balaban J connectivity index is 2.39. The minimum Gasteiger partial charge on any atom is -0.425 e. The predicted octanol–water partition coefficient (Wildman–Crippen LogP) is 0.608. The van der Waals surface area contributed by atoms with Gasteiger partial charge in [-0.3, -0.25) is 19.2 Å². The number of ether oxygens (including phenoxy) is 4. The smallest absolute Gasteiger partial charge is 0.314 e. The highest BCUT2D eigenvalue weighted by Gasteiger charge is 2.33. The third-order valence-corrected chi connectivity index (χ3v) is 2.67.